The summed E-state index contributed by atoms with van der Waals surface area (Å²) in [7, 11) is 0. The van der Waals surface area contributed by atoms with Crippen molar-refractivity contribution in [2.75, 3.05) is 0 Å². The van der Waals surface area contributed by atoms with Gasteiger partial charge >= 0.3 is 0 Å². The van der Waals surface area contributed by atoms with E-state index in [0.29, 0.717) is 11.3 Å². The Morgan fingerprint density at radius 1 is 1.36 bits per heavy atom. The maximum Gasteiger partial charge on any atom is 0.178 e. The molecule has 0 saturated heterocycles. The number of carbonyl (C=O) groups is 1. The first-order valence-electron chi connectivity index (χ1n) is 4.19. The molecule has 0 heterocycles. The zero-order valence-electron chi connectivity index (χ0n) is 7.32. The lowest BCUT2D eigenvalue weighted by Crippen LogP contribution is -2.13. The van der Waals surface area contributed by atoms with Gasteiger partial charge in [0.2, 0.25) is 0 Å². The van der Waals surface area contributed by atoms with Crippen LogP contribution in [0.5, 0.6) is 0 Å². The molecule has 3 heteroatoms. The number of hydrogen-bond acceptors (Lipinski definition) is 3. The minimum atomic E-state index is -0.142. The number of nitrogens with zero attached hydrogens (tertiary/aromatic N) is 1. The van der Waals surface area contributed by atoms with Crippen molar-refractivity contribution in [3.8, 4) is 6.07 Å². The van der Waals surface area contributed by atoms with Crippen LogP contribution in [0.1, 0.15) is 11.1 Å². The van der Waals surface area contributed by atoms with Crippen LogP contribution < -0.4 is 0 Å². The fraction of sp³-hybridized carbons (Fsp3) is 0.0909. The Kier molecular flexibility index (Phi) is 2.14. The number of rotatable bonds is 0. The largest absolute Gasteiger partial charge is 0.293 e. The van der Waals surface area contributed by atoms with Crippen LogP contribution in [-0.4, -0.2) is 5.78 Å². The van der Waals surface area contributed by atoms with Crippen LogP contribution in [0.25, 0.3) is 4.91 Å². The van der Waals surface area contributed by atoms with E-state index in [0.717, 1.165) is 11.1 Å². The van der Waals surface area contributed by atoms with E-state index in [-0.39, 0.29) is 11.4 Å². The van der Waals surface area contributed by atoms with Gasteiger partial charge in [-0.15, -0.1) is 12.6 Å². The van der Waals surface area contributed by atoms with Crippen LogP contribution in [0, 0.1) is 11.3 Å². The molecule has 0 saturated carbocycles. The minimum Gasteiger partial charge on any atom is -0.293 e. The van der Waals surface area contributed by atoms with Gasteiger partial charge in [0.05, 0.1) is 0 Å². The third kappa shape index (κ3) is 1.24. The van der Waals surface area contributed by atoms with E-state index in [9.17, 15) is 4.79 Å². The zero-order valence-corrected chi connectivity index (χ0v) is 8.21. The second-order valence-corrected chi connectivity index (χ2v) is 3.54. The average molecular weight is 201 g/mol. The number of Topliss-reactive ketones (excluding diaryl/α,β-unsaturated/α-hetero) is 1. The van der Waals surface area contributed by atoms with Gasteiger partial charge in [-0.25, -0.2) is 0 Å². The summed E-state index contributed by atoms with van der Waals surface area (Å²) in [5.74, 6) is -0.142. The molecule has 1 aromatic carbocycles. The lowest BCUT2D eigenvalue weighted by atomic mass is 9.91. The third-order valence-electron chi connectivity index (χ3n) is 2.25. The molecule has 0 aromatic heterocycles. The molecule has 2 rings (SSSR count). The Balaban J connectivity index is 2.69. The van der Waals surface area contributed by atoms with E-state index in [1.807, 2.05) is 30.3 Å². The van der Waals surface area contributed by atoms with E-state index >= 15 is 0 Å². The van der Waals surface area contributed by atoms with E-state index in [4.69, 9.17) is 5.26 Å². The van der Waals surface area contributed by atoms with Crippen molar-refractivity contribution in [3.63, 3.8) is 0 Å². The van der Waals surface area contributed by atoms with Crippen LogP contribution in [0.15, 0.2) is 29.8 Å². The van der Waals surface area contributed by atoms with Gasteiger partial charge in [0.1, 0.15) is 11.6 Å². The smallest absolute Gasteiger partial charge is 0.178 e. The first kappa shape index (κ1) is 9.04. The van der Waals surface area contributed by atoms with E-state index in [2.05, 4.69) is 12.6 Å². The van der Waals surface area contributed by atoms with E-state index < -0.39 is 0 Å². The average Bonchev–Trinajstić information content (AvgIpc) is 2.18. The van der Waals surface area contributed by atoms with Gasteiger partial charge in [-0.1, -0.05) is 24.3 Å². The fourth-order valence-corrected chi connectivity index (χ4v) is 1.94. The van der Waals surface area contributed by atoms with Gasteiger partial charge in [-0.2, -0.15) is 5.26 Å². The molecule has 0 N–H and O–H groups in total. The molecular weight excluding hydrogens is 194 g/mol. The molecular formula is C11H7NOS. The molecule has 0 fully saturated rings. The minimum absolute atomic E-state index is 0.142. The van der Waals surface area contributed by atoms with Crippen LogP contribution in [-0.2, 0) is 11.2 Å². The van der Waals surface area contributed by atoms with Gasteiger partial charge in [-0.05, 0) is 11.1 Å². The Morgan fingerprint density at radius 2 is 2.07 bits per heavy atom. The Hall–Kier alpha value is -1.53. The highest BCUT2D eigenvalue weighted by molar-refractivity contribution is 7.90. The molecule has 0 spiro atoms. The number of thiol groups is 1. The van der Waals surface area contributed by atoms with Gasteiger partial charge in [0, 0.05) is 11.3 Å². The van der Waals surface area contributed by atoms with Crippen LogP contribution in [0.2, 0.25) is 0 Å². The van der Waals surface area contributed by atoms with Gasteiger partial charge in [-0.3, -0.25) is 4.79 Å². The highest BCUT2D eigenvalue weighted by atomic mass is 32.1. The number of carbonyl (C=O) groups excluding carboxylic acids is 1. The number of ketones is 1. The molecule has 14 heavy (non-hydrogen) atoms. The monoisotopic (exact) mass is 201 g/mol. The molecule has 2 nitrogen and oxygen atoms in total. The maximum absolute atomic E-state index is 11.5. The predicted octanol–water partition coefficient (Wildman–Crippen LogP) is 1.98. The number of allylic oxidation sites excluding steroid dienone is 1. The lowest BCUT2D eigenvalue weighted by molar-refractivity contribution is -0.114. The van der Waals surface area contributed by atoms with Crippen LogP contribution in [0.4, 0.5) is 0 Å². The van der Waals surface area contributed by atoms with Crippen LogP contribution >= 0.6 is 12.6 Å². The molecule has 0 aliphatic heterocycles. The van der Waals surface area contributed by atoms with Crippen molar-refractivity contribution in [3.05, 3.63) is 41.0 Å². The second kappa shape index (κ2) is 3.32. The Morgan fingerprint density at radius 3 is 2.79 bits per heavy atom. The number of fused-ring (bicyclic) bond motifs is 1. The maximum atomic E-state index is 11.5. The van der Waals surface area contributed by atoms with Gasteiger partial charge < -0.3 is 0 Å². The quantitative estimate of drug-likeness (QED) is 0.652. The van der Waals surface area contributed by atoms with Crippen molar-refractivity contribution >= 4 is 23.3 Å². The lowest BCUT2D eigenvalue weighted by Gasteiger charge is -2.15. The number of nitriles is 1. The Bertz CT molecular complexity index is 482. The molecule has 1 aliphatic rings. The topological polar surface area (TPSA) is 40.9 Å². The standard InChI is InChI=1S/C11H7NOS/c12-6-9-10(13)5-7-3-1-2-4-8(7)11(9)14/h1-4,14H,5H2. The summed E-state index contributed by atoms with van der Waals surface area (Å²) in [5, 5.41) is 8.78. The first-order chi connectivity index (χ1) is 6.74. The molecule has 1 aliphatic carbocycles. The highest BCUT2D eigenvalue weighted by Crippen LogP contribution is 2.31. The van der Waals surface area contributed by atoms with E-state index in [1.54, 1.807) is 0 Å². The van der Waals surface area contributed by atoms with Crippen LogP contribution in [0.3, 0.4) is 0 Å². The normalized spacial score (nSPS) is 15.0. The van der Waals surface area contributed by atoms with Crippen molar-refractivity contribution in [2.45, 2.75) is 6.42 Å². The van der Waals surface area contributed by atoms with Gasteiger partial charge in [0.15, 0.2) is 5.78 Å². The van der Waals surface area contributed by atoms with Gasteiger partial charge in [0.25, 0.3) is 0 Å². The number of benzene rings is 1. The predicted molar refractivity (Wildman–Crippen MR) is 56.7 cm³/mol. The molecule has 68 valence electrons. The molecule has 0 bridgehead atoms. The first-order valence-corrected chi connectivity index (χ1v) is 4.63. The summed E-state index contributed by atoms with van der Waals surface area (Å²) >= 11 is 4.21. The van der Waals surface area contributed by atoms with Crippen molar-refractivity contribution in [1.29, 1.82) is 5.26 Å². The summed E-state index contributed by atoms with van der Waals surface area (Å²) in [4.78, 5) is 12.0. The SMILES string of the molecule is N#CC1=C(S)c2ccccc2CC1=O. The van der Waals surface area contributed by atoms with Crippen molar-refractivity contribution < 1.29 is 4.79 Å². The van der Waals surface area contributed by atoms with Crippen molar-refractivity contribution in [2.24, 2.45) is 0 Å². The summed E-state index contributed by atoms with van der Waals surface area (Å²) in [5.41, 5.74) is 2.01. The summed E-state index contributed by atoms with van der Waals surface area (Å²) in [6.45, 7) is 0. The highest BCUT2D eigenvalue weighted by Gasteiger charge is 2.22. The summed E-state index contributed by atoms with van der Waals surface area (Å²) in [6, 6.07) is 9.42. The fourth-order valence-electron chi connectivity index (χ4n) is 1.55. The summed E-state index contributed by atoms with van der Waals surface area (Å²) < 4.78 is 0. The summed E-state index contributed by atoms with van der Waals surface area (Å²) in [6.07, 6.45) is 0.309. The van der Waals surface area contributed by atoms with E-state index in [1.165, 1.54) is 0 Å². The molecule has 0 atom stereocenters. The molecule has 1 aromatic rings. The molecule has 0 unspecified atom stereocenters. The second-order valence-electron chi connectivity index (χ2n) is 3.09. The zero-order chi connectivity index (χ0) is 10.1. The number of hydrogen-bond donors (Lipinski definition) is 1. The molecule has 0 amide bonds. The Labute approximate surface area is 87.3 Å². The third-order valence-corrected chi connectivity index (χ3v) is 2.72. The molecule has 0 radical (unpaired) electrons. The van der Waals surface area contributed by atoms with Crippen molar-refractivity contribution in [1.82, 2.24) is 0 Å².